The summed E-state index contributed by atoms with van der Waals surface area (Å²) in [5.74, 6) is -0.648. The van der Waals surface area contributed by atoms with Gasteiger partial charge in [0.2, 0.25) is 0 Å². The average molecular weight is 268 g/mol. The van der Waals surface area contributed by atoms with Crippen molar-refractivity contribution in [3.05, 3.63) is 15.6 Å². The first-order chi connectivity index (χ1) is 8.47. The molecule has 0 bridgehead atoms. The van der Waals surface area contributed by atoms with Crippen LogP contribution in [0.3, 0.4) is 0 Å². The van der Waals surface area contributed by atoms with Crippen molar-refractivity contribution in [1.82, 2.24) is 9.88 Å². The lowest BCUT2D eigenvalue weighted by atomic mass is 9.84. The molecule has 1 aromatic heterocycles. The lowest BCUT2D eigenvalue weighted by Gasteiger charge is -2.22. The Kier molecular flexibility index (Phi) is 3.73. The third kappa shape index (κ3) is 2.42. The van der Waals surface area contributed by atoms with E-state index in [0.717, 1.165) is 30.2 Å². The van der Waals surface area contributed by atoms with Crippen molar-refractivity contribution in [2.75, 3.05) is 13.1 Å². The SMILES string of the molecule is CCC1(C(=O)O)CCN(Cc2sc(C)nc2C)C1. The predicted molar refractivity (Wildman–Crippen MR) is 71.8 cm³/mol. The van der Waals surface area contributed by atoms with Crippen molar-refractivity contribution < 1.29 is 9.90 Å². The van der Waals surface area contributed by atoms with Crippen LogP contribution >= 0.6 is 11.3 Å². The van der Waals surface area contributed by atoms with E-state index in [1.807, 2.05) is 20.8 Å². The number of hydrogen-bond donors (Lipinski definition) is 1. The highest BCUT2D eigenvalue weighted by Gasteiger charge is 2.43. The van der Waals surface area contributed by atoms with Gasteiger partial charge in [0.25, 0.3) is 0 Å². The maximum Gasteiger partial charge on any atom is 0.310 e. The number of nitrogens with zero attached hydrogens (tertiary/aromatic N) is 2. The minimum absolute atomic E-state index is 0.534. The second-order valence-electron chi connectivity index (χ2n) is 5.14. The summed E-state index contributed by atoms with van der Waals surface area (Å²) in [6, 6.07) is 0. The molecule has 0 aromatic carbocycles. The summed E-state index contributed by atoms with van der Waals surface area (Å²) in [6.07, 6.45) is 1.47. The fraction of sp³-hybridized carbons (Fsp3) is 0.692. The van der Waals surface area contributed by atoms with Crippen LogP contribution in [-0.2, 0) is 11.3 Å². The molecule has 1 unspecified atom stereocenters. The van der Waals surface area contributed by atoms with Gasteiger partial charge in [-0.2, -0.15) is 0 Å². The van der Waals surface area contributed by atoms with Crippen molar-refractivity contribution in [1.29, 1.82) is 0 Å². The number of aliphatic carboxylic acids is 1. The fourth-order valence-corrected chi connectivity index (χ4v) is 3.61. The smallest absolute Gasteiger partial charge is 0.310 e. The molecule has 0 radical (unpaired) electrons. The van der Waals surface area contributed by atoms with E-state index in [2.05, 4.69) is 9.88 Å². The lowest BCUT2D eigenvalue weighted by Crippen LogP contribution is -2.33. The highest BCUT2D eigenvalue weighted by Crippen LogP contribution is 2.35. The molecule has 18 heavy (non-hydrogen) atoms. The highest BCUT2D eigenvalue weighted by atomic mass is 32.1. The Morgan fingerprint density at radius 1 is 1.56 bits per heavy atom. The summed E-state index contributed by atoms with van der Waals surface area (Å²) in [5, 5.41) is 10.5. The van der Waals surface area contributed by atoms with Gasteiger partial charge < -0.3 is 5.11 Å². The van der Waals surface area contributed by atoms with E-state index < -0.39 is 11.4 Å². The third-order valence-corrected chi connectivity index (χ3v) is 4.99. The van der Waals surface area contributed by atoms with E-state index in [-0.39, 0.29) is 0 Å². The molecule has 1 atom stereocenters. The number of rotatable bonds is 4. The molecular formula is C13H20N2O2S. The van der Waals surface area contributed by atoms with Crippen LogP contribution in [0.15, 0.2) is 0 Å². The Morgan fingerprint density at radius 3 is 2.72 bits per heavy atom. The molecule has 0 amide bonds. The molecular weight excluding hydrogens is 248 g/mol. The van der Waals surface area contributed by atoms with Crippen molar-refractivity contribution in [2.24, 2.45) is 5.41 Å². The van der Waals surface area contributed by atoms with Gasteiger partial charge in [-0.3, -0.25) is 9.69 Å². The zero-order valence-corrected chi connectivity index (χ0v) is 12.0. The van der Waals surface area contributed by atoms with Crippen LogP contribution in [0.4, 0.5) is 0 Å². The molecule has 0 aliphatic carbocycles. The zero-order valence-electron chi connectivity index (χ0n) is 11.2. The molecule has 1 aromatic rings. The van der Waals surface area contributed by atoms with E-state index in [9.17, 15) is 9.90 Å². The van der Waals surface area contributed by atoms with Gasteiger partial charge in [-0.25, -0.2) is 4.98 Å². The number of carboxylic acid groups (broad SMARTS) is 1. The van der Waals surface area contributed by atoms with Crippen molar-refractivity contribution >= 4 is 17.3 Å². The number of likely N-dealkylation sites (tertiary alicyclic amines) is 1. The van der Waals surface area contributed by atoms with Crippen LogP contribution < -0.4 is 0 Å². The Hall–Kier alpha value is -0.940. The van der Waals surface area contributed by atoms with Gasteiger partial charge in [0.05, 0.1) is 16.1 Å². The summed E-state index contributed by atoms with van der Waals surface area (Å²) in [5.41, 5.74) is 0.551. The molecule has 0 spiro atoms. The second kappa shape index (κ2) is 4.97. The predicted octanol–water partition coefficient (Wildman–Crippen LogP) is 2.45. The van der Waals surface area contributed by atoms with Crippen molar-refractivity contribution in [3.8, 4) is 0 Å². The number of carbonyl (C=O) groups is 1. The van der Waals surface area contributed by atoms with Gasteiger partial charge in [-0.15, -0.1) is 11.3 Å². The van der Waals surface area contributed by atoms with E-state index in [4.69, 9.17) is 0 Å². The van der Waals surface area contributed by atoms with Gasteiger partial charge >= 0.3 is 5.97 Å². The van der Waals surface area contributed by atoms with Crippen LogP contribution in [0.25, 0.3) is 0 Å². The molecule has 2 rings (SSSR count). The summed E-state index contributed by atoms with van der Waals surface area (Å²) >= 11 is 1.72. The Labute approximate surface area is 112 Å². The van der Waals surface area contributed by atoms with E-state index >= 15 is 0 Å². The van der Waals surface area contributed by atoms with Crippen LogP contribution in [0.5, 0.6) is 0 Å². The molecule has 1 aliphatic rings. The van der Waals surface area contributed by atoms with E-state index in [1.54, 1.807) is 11.3 Å². The van der Waals surface area contributed by atoms with E-state index in [1.165, 1.54) is 4.88 Å². The molecule has 5 heteroatoms. The second-order valence-corrected chi connectivity index (χ2v) is 6.43. The summed E-state index contributed by atoms with van der Waals surface area (Å²) in [7, 11) is 0. The molecule has 100 valence electrons. The molecule has 1 saturated heterocycles. The topological polar surface area (TPSA) is 53.4 Å². The van der Waals surface area contributed by atoms with Crippen LogP contribution in [-0.4, -0.2) is 34.0 Å². The van der Waals surface area contributed by atoms with E-state index in [0.29, 0.717) is 13.0 Å². The summed E-state index contributed by atoms with van der Waals surface area (Å²) < 4.78 is 0. The van der Waals surface area contributed by atoms with Gasteiger partial charge in [-0.05, 0) is 33.2 Å². The Bertz CT molecular complexity index is 458. The molecule has 1 N–H and O–H groups in total. The first-order valence-electron chi connectivity index (χ1n) is 6.35. The molecule has 1 aliphatic heterocycles. The quantitative estimate of drug-likeness (QED) is 0.911. The lowest BCUT2D eigenvalue weighted by molar-refractivity contribution is -0.148. The number of carboxylic acids is 1. The summed E-state index contributed by atoms with van der Waals surface area (Å²) in [4.78, 5) is 19.3. The number of aromatic nitrogens is 1. The number of thiazole rings is 1. The van der Waals surface area contributed by atoms with Gasteiger partial charge in [0.1, 0.15) is 0 Å². The normalized spacial score (nSPS) is 24.6. The maximum absolute atomic E-state index is 11.4. The van der Waals surface area contributed by atoms with Crippen molar-refractivity contribution in [2.45, 2.75) is 40.2 Å². The molecule has 2 heterocycles. The van der Waals surface area contributed by atoms with Gasteiger partial charge in [-0.1, -0.05) is 6.92 Å². The van der Waals surface area contributed by atoms with Crippen molar-refractivity contribution in [3.63, 3.8) is 0 Å². The molecule has 0 saturated carbocycles. The molecule has 1 fully saturated rings. The maximum atomic E-state index is 11.4. The Morgan fingerprint density at radius 2 is 2.28 bits per heavy atom. The third-order valence-electron chi connectivity index (χ3n) is 3.93. The summed E-state index contributed by atoms with van der Waals surface area (Å²) in [6.45, 7) is 8.38. The zero-order chi connectivity index (χ0) is 13.3. The number of aryl methyl sites for hydroxylation is 2. The van der Waals surface area contributed by atoms with Crippen LogP contribution in [0.1, 0.15) is 35.3 Å². The average Bonchev–Trinajstić information content (AvgIpc) is 2.85. The number of hydrogen-bond acceptors (Lipinski definition) is 4. The standard InChI is InChI=1S/C13H20N2O2S/c1-4-13(12(16)17)5-6-15(8-13)7-11-9(2)14-10(3)18-11/h4-8H2,1-3H3,(H,16,17). The monoisotopic (exact) mass is 268 g/mol. The first-order valence-corrected chi connectivity index (χ1v) is 7.17. The van der Waals surface area contributed by atoms with Gasteiger partial charge in [0, 0.05) is 18.0 Å². The van der Waals surface area contributed by atoms with Gasteiger partial charge in [0.15, 0.2) is 0 Å². The largest absolute Gasteiger partial charge is 0.481 e. The highest BCUT2D eigenvalue weighted by molar-refractivity contribution is 7.11. The first kappa shape index (κ1) is 13.5. The molecule has 4 nitrogen and oxygen atoms in total. The minimum atomic E-state index is -0.648. The minimum Gasteiger partial charge on any atom is -0.481 e. The fourth-order valence-electron chi connectivity index (χ4n) is 2.63. The Balaban J connectivity index is 2.06. The van der Waals surface area contributed by atoms with Crippen LogP contribution in [0.2, 0.25) is 0 Å². The van der Waals surface area contributed by atoms with Crippen LogP contribution in [0, 0.1) is 19.3 Å².